The molecule has 0 unspecified atom stereocenters. The highest BCUT2D eigenvalue weighted by Crippen LogP contribution is 2.29. The third kappa shape index (κ3) is 6.96. The SMILES string of the molecule is COc1cc(/C=N/NC(=O)COc2ccccc2-c2ccccc2)ccc1OCCc1ccccc1. The molecule has 6 nitrogen and oxygen atoms in total. The first-order valence-corrected chi connectivity index (χ1v) is 11.7. The molecule has 1 amide bonds. The summed E-state index contributed by atoms with van der Waals surface area (Å²) in [6, 6.07) is 33.2. The van der Waals surface area contributed by atoms with E-state index in [1.807, 2.05) is 84.9 Å². The van der Waals surface area contributed by atoms with Crippen molar-refractivity contribution in [2.75, 3.05) is 20.3 Å². The van der Waals surface area contributed by atoms with Crippen LogP contribution in [-0.2, 0) is 11.2 Å². The van der Waals surface area contributed by atoms with Gasteiger partial charge in [-0.1, -0.05) is 78.9 Å². The van der Waals surface area contributed by atoms with Crippen LogP contribution in [0.3, 0.4) is 0 Å². The highest BCUT2D eigenvalue weighted by Gasteiger charge is 2.08. The Morgan fingerprint density at radius 1 is 0.806 bits per heavy atom. The maximum absolute atomic E-state index is 12.3. The zero-order valence-electron chi connectivity index (χ0n) is 20.1. The Kier molecular flexibility index (Phi) is 8.70. The standard InChI is InChI=1S/C30H28N2O4/c1-34-29-20-24(16-17-28(29)35-19-18-23-10-4-2-5-11-23)21-31-32-30(33)22-36-27-15-9-8-14-26(27)25-12-6-3-7-13-25/h2-17,20-21H,18-19,22H2,1H3,(H,32,33)/b31-21+. The van der Waals surface area contributed by atoms with Crippen LogP contribution >= 0.6 is 0 Å². The van der Waals surface area contributed by atoms with Gasteiger partial charge in [0, 0.05) is 12.0 Å². The number of hydrogen-bond acceptors (Lipinski definition) is 5. The number of nitrogens with zero attached hydrogens (tertiary/aromatic N) is 1. The third-order valence-corrected chi connectivity index (χ3v) is 5.41. The van der Waals surface area contributed by atoms with E-state index >= 15 is 0 Å². The molecule has 0 bridgehead atoms. The summed E-state index contributed by atoms with van der Waals surface area (Å²) in [6.45, 7) is 0.385. The molecule has 0 saturated carbocycles. The summed E-state index contributed by atoms with van der Waals surface area (Å²) in [7, 11) is 1.59. The average molecular weight is 481 g/mol. The Morgan fingerprint density at radius 2 is 1.53 bits per heavy atom. The fourth-order valence-corrected chi connectivity index (χ4v) is 3.61. The summed E-state index contributed by atoms with van der Waals surface area (Å²) >= 11 is 0. The molecule has 0 spiro atoms. The van der Waals surface area contributed by atoms with E-state index in [0.717, 1.165) is 23.1 Å². The molecular weight excluding hydrogens is 452 g/mol. The average Bonchev–Trinajstić information content (AvgIpc) is 2.93. The molecule has 4 rings (SSSR count). The first kappa shape index (κ1) is 24.5. The van der Waals surface area contributed by atoms with Crippen molar-refractivity contribution in [1.29, 1.82) is 0 Å². The number of nitrogens with one attached hydrogen (secondary N) is 1. The molecule has 4 aromatic rings. The van der Waals surface area contributed by atoms with Gasteiger partial charge in [-0.15, -0.1) is 0 Å². The zero-order chi connectivity index (χ0) is 25.0. The van der Waals surface area contributed by atoms with Crippen molar-refractivity contribution >= 4 is 12.1 Å². The minimum Gasteiger partial charge on any atom is -0.493 e. The van der Waals surface area contributed by atoms with E-state index in [9.17, 15) is 4.79 Å². The number of para-hydroxylation sites is 1. The summed E-state index contributed by atoms with van der Waals surface area (Å²) in [5.74, 6) is 1.52. The van der Waals surface area contributed by atoms with Gasteiger partial charge in [0.2, 0.25) is 0 Å². The number of carbonyl (C=O) groups is 1. The van der Waals surface area contributed by atoms with Gasteiger partial charge in [-0.25, -0.2) is 5.43 Å². The second kappa shape index (κ2) is 12.8. The third-order valence-electron chi connectivity index (χ3n) is 5.41. The Morgan fingerprint density at radius 3 is 2.31 bits per heavy atom. The molecule has 4 aromatic carbocycles. The van der Waals surface area contributed by atoms with Gasteiger partial charge in [0.25, 0.3) is 5.91 Å². The van der Waals surface area contributed by atoms with Crippen LogP contribution in [0.1, 0.15) is 11.1 Å². The molecule has 0 saturated heterocycles. The topological polar surface area (TPSA) is 69.2 Å². The van der Waals surface area contributed by atoms with Crippen molar-refractivity contribution in [3.8, 4) is 28.4 Å². The number of amides is 1. The highest BCUT2D eigenvalue weighted by atomic mass is 16.5. The lowest BCUT2D eigenvalue weighted by Crippen LogP contribution is -2.24. The molecule has 0 aliphatic rings. The molecule has 0 heterocycles. The first-order chi connectivity index (χ1) is 17.7. The molecule has 0 aromatic heterocycles. The summed E-state index contributed by atoms with van der Waals surface area (Å²) in [5.41, 5.74) is 6.42. The molecule has 6 heteroatoms. The number of carbonyl (C=O) groups excluding carboxylic acids is 1. The van der Waals surface area contributed by atoms with E-state index in [0.29, 0.717) is 23.9 Å². The minimum absolute atomic E-state index is 0.154. The predicted octanol–water partition coefficient (Wildman–Crippen LogP) is 5.51. The lowest BCUT2D eigenvalue weighted by molar-refractivity contribution is -0.123. The molecule has 36 heavy (non-hydrogen) atoms. The molecule has 1 N–H and O–H groups in total. The fourth-order valence-electron chi connectivity index (χ4n) is 3.61. The van der Waals surface area contributed by atoms with Crippen molar-refractivity contribution < 1.29 is 19.0 Å². The monoisotopic (exact) mass is 480 g/mol. The van der Waals surface area contributed by atoms with Gasteiger partial charge in [-0.3, -0.25) is 4.79 Å². The molecule has 0 aliphatic heterocycles. The minimum atomic E-state index is -0.359. The lowest BCUT2D eigenvalue weighted by atomic mass is 10.1. The van der Waals surface area contributed by atoms with E-state index in [1.54, 1.807) is 19.4 Å². The molecule has 0 fully saturated rings. The second-order valence-corrected chi connectivity index (χ2v) is 7.94. The maximum Gasteiger partial charge on any atom is 0.277 e. The van der Waals surface area contributed by atoms with Crippen LogP contribution in [0.5, 0.6) is 17.2 Å². The number of ether oxygens (including phenoxy) is 3. The first-order valence-electron chi connectivity index (χ1n) is 11.7. The van der Waals surface area contributed by atoms with Gasteiger partial charge in [0.1, 0.15) is 5.75 Å². The Bertz CT molecular complexity index is 1290. The number of rotatable bonds is 11. The van der Waals surface area contributed by atoms with Crippen molar-refractivity contribution in [2.45, 2.75) is 6.42 Å². The van der Waals surface area contributed by atoms with Crippen molar-refractivity contribution in [3.05, 3.63) is 114 Å². The zero-order valence-corrected chi connectivity index (χ0v) is 20.1. The number of methoxy groups -OCH3 is 1. The van der Waals surface area contributed by atoms with E-state index in [1.165, 1.54) is 5.56 Å². The predicted molar refractivity (Wildman–Crippen MR) is 142 cm³/mol. The van der Waals surface area contributed by atoms with Crippen LogP contribution in [0, 0.1) is 0 Å². The molecular formula is C30H28N2O4. The largest absolute Gasteiger partial charge is 0.493 e. The maximum atomic E-state index is 12.3. The van der Waals surface area contributed by atoms with Crippen molar-refractivity contribution in [3.63, 3.8) is 0 Å². The van der Waals surface area contributed by atoms with Gasteiger partial charge in [-0.2, -0.15) is 5.10 Å². The smallest absolute Gasteiger partial charge is 0.277 e. The van der Waals surface area contributed by atoms with Crippen LogP contribution in [0.15, 0.2) is 108 Å². The molecule has 0 atom stereocenters. The second-order valence-electron chi connectivity index (χ2n) is 7.94. The van der Waals surface area contributed by atoms with E-state index < -0.39 is 0 Å². The Hall–Kier alpha value is -4.58. The summed E-state index contributed by atoms with van der Waals surface area (Å²) in [5, 5.41) is 4.04. The van der Waals surface area contributed by atoms with E-state index in [2.05, 4.69) is 22.7 Å². The van der Waals surface area contributed by atoms with Crippen molar-refractivity contribution in [2.24, 2.45) is 5.10 Å². The fraction of sp³-hybridized carbons (Fsp3) is 0.133. The van der Waals surface area contributed by atoms with Gasteiger partial charge in [-0.05, 0) is 41.0 Å². The van der Waals surface area contributed by atoms with Crippen LogP contribution in [0.2, 0.25) is 0 Å². The van der Waals surface area contributed by atoms with Gasteiger partial charge < -0.3 is 14.2 Å². The molecule has 182 valence electrons. The summed E-state index contributed by atoms with van der Waals surface area (Å²) in [4.78, 5) is 12.3. The highest BCUT2D eigenvalue weighted by molar-refractivity contribution is 5.84. The van der Waals surface area contributed by atoms with Gasteiger partial charge in [0.15, 0.2) is 18.1 Å². The van der Waals surface area contributed by atoms with E-state index in [4.69, 9.17) is 14.2 Å². The van der Waals surface area contributed by atoms with Crippen LogP contribution in [0.25, 0.3) is 11.1 Å². The Labute approximate surface area is 211 Å². The normalized spacial score (nSPS) is 10.7. The number of hydrogen-bond donors (Lipinski definition) is 1. The van der Waals surface area contributed by atoms with Crippen LogP contribution in [0.4, 0.5) is 0 Å². The quantitative estimate of drug-likeness (QED) is 0.227. The van der Waals surface area contributed by atoms with E-state index in [-0.39, 0.29) is 12.5 Å². The number of benzene rings is 4. The lowest BCUT2D eigenvalue weighted by Gasteiger charge is -2.11. The van der Waals surface area contributed by atoms with Crippen LogP contribution < -0.4 is 19.6 Å². The summed E-state index contributed by atoms with van der Waals surface area (Å²) in [6.07, 6.45) is 2.35. The van der Waals surface area contributed by atoms with Crippen LogP contribution in [-0.4, -0.2) is 32.4 Å². The molecule has 0 aliphatic carbocycles. The number of hydrazone groups is 1. The molecule has 0 radical (unpaired) electrons. The van der Waals surface area contributed by atoms with Gasteiger partial charge in [0.05, 0.1) is 19.9 Å². The van der Waals surface area contributed by atoms with Gasteiger partial charge >= 0.3 is 0 Å². The summed E-state index contributed by atoms with van der Waals surface area (Å²) < 4.78 is 17.1. The van der Waals surface area contributed by atoms with Crippen molar-refractivity contribution in [1.82, 2.24) is 5.43 Å². The Balaban J connectivity index is 1.28.